The topological polar surface area (TPSA) is 58.0 Å². The molecule has 3 aromatic rings. The van der Waals surface area contributed by atoms with Gasteiger partial charge in [-0.3, -0.25) is 9.69 Å². The second kappa shape index (κ2) is 9.26. The molecule has 0 bridgehead atoms. The minimum absolute atomic E-state index is 0.0523. The molecule has 0 unspecified atom stereocenters. The van der Waals surface area contributed by atoms with Crippen LogP contribution in [-0.2, 0) is 0 Å². The molecule has 1 amide bonds. The van der Waals surface area contributed by atoms with Gasteiger partial charge in [0.15, 0.2) is 5.76 Å². The number of rotatable bonds is 6. The number of nitrogens with zero attached hydrogens (tertiary/aromatic N) is 2. The Labute approximate surface area is 187 Å². The largest absolute Gasteiger partial charge is 0.497 e. The number of nitrogens with one attached hydrogen (secondary N) is 1. The first kappa shape index (κ1) is 21.6. The summed E-state index contributed by atoms with van der Waals surface area (Å²) < 4.78 is 10.7. The van der Waals surface area contributed by atoms with E-state index in [9.17, 15) is 4.79 Å². The highest BCUT2D eigenvalue weighted by atomic mass is 32.1. The Morgan fingerprint density at radius 2 is 1.84 bits per heavy atom. The van der Waals surface area contributed by atoms with E-state index in [-0.39, 0.29) is 11.9 Å². The number of hydrogen-bond donors (Lipinski definition) is 1. The molecule has 7 heteroatoms. The number of ether oxygens (including phenoxy) is 1. The highest BCUT2D eigenvalue weighted by Gasteiger charge is 2.31. The molecule has 1 N–H and O–H groups in total. The zero-order valence-corrected chi connectivity index (χ0v) is 19.3. The molecular weight excluding hydrogens is 410 g/mol. The lowest BCUT2D eigenvalue weighted by molar-refractivity contribution is 0.0996. The molecule has 1 atom stereocenters. The van der Waals surface area contributed by atoms with E-state index in [1.54, 1.807) is 30.6 Å². The summed E-state index contributed by atoms with van der Waals surface area (Å²) in [6.45, 7) is 8.23. The Morgan fingerprint density at radius 1 is 1.13 bits per heavy atom. The third-order valence-electron chi connectivity index (χ3n) is 6.01. The summed E-state index contributed by atoms with van der Waals surface area (Å²) in [5.41, 5.74) is 3.58. The number of furan rings is 1. The van der Waals surface area contributed by atoms with E-state index in [1.807, 2.05) is 12.1 Å². The molecule has 1 fully saturated rings. The third kappa shape index (κ3) is 4.54. The smallest absolute Gasteiger partial charge is 0.291 e. The van der Waals surface area contributed by atoms with Gasteiger partial charge in [0.1, 0.15) is 10.8 Å². The summed E-state index contributed by atoms with van der Waals surface area (Å²) in [5.74, 6) is 0.931. The van der Waals surface area contributed by atoms with Crippen LogP contribution in [0.2, 0.25) is 0 Å². The van der Waals surface area contributed by atoms with Gasteiger partial charge in [0.05, 0.1) is 19.4 Å². The number of likely N-dealkylation sites (N-methyl/N-ethyl adjacent to an activating group) is 1. The number of carbonyl (C=O) groups is 1. The number of methoxy groups -OCH3 is 1. The lowest BCUT2D eigenvalue weighted by Crippen LogP contribution is -2.46. The molecule has 1 aliphatic heterocycles. The van der Waals surface area contributed by atoms with Crippen molar-refractivity contribution in [1.29, 1.82) is 0 Å². The Hall–Kier alpha value is -2.61. The van der Waals surface area contributed by atoms with Gasteiger partial charge >= 0.3 is 0 Å². The number of hydrogen-bond acceptors (Lipinski definition) is 6. The number of amides is 1. The van der Waals surface area contributed by atoms with Crippen molar-refractivity contribution in [2.75, 3.05) is 45.7 Å². The van der Waals surface area contributed by atoms with E-state index in [4.69, 9.17) is 9.15 Å². The van der Waals surface area contributed by atoms with Crippen LogP contribution in [0.15, 0.2) is 47.1 Å². The van der Waals surface area contributed by atoms with Gasteiger partial charge in [-0.05, 0) is 56.3 Å². The molecule has 0 spiro atoms. The number of anilines is 1. The average molecular weight is 440 g/mol. The zero-order chi connectivity index (χ0) is 22.0. The minimum Gasteiger partial charge on any atom is -0.497 e. The summed E-state index contributed by atoms with van der Waals surface area (Å²) in [6, 6.07) is 11.7. The Kier molecular flexibility index (Phi) is 6.46. The van der Waals surface area contributed by atoms with Gasteiger partial charge in [-0.2, -0.15) is 0 Å². The maximum absolute atomic E-state index is 12.8. The maximum Gasteiger partial charge on any atom is 0.291 e. The summed E-state index contributed by atoms with van der Waals surface area (Å²) in [7, 11) is 3.84. The number of aryl methyl sites for hydroxylation is 1. The first-order valence-electron chi connectivity index (χ1n) is 10.5. The van der Waals surface area contributed by atoms with Crippen LogP contribution in [0.3, 0.4) is 0 Å². The molecule has 6 nitrogen and oxygen atoms in total. The van der Waals surface area contributed by atoms with Crippen LogP contribution < -0.4 is 10.1 Å². The predicted octanol–water partition coefficient (Wildman–Crippen LogP) is 4.56. The van der Waals surface area contributed by atoms with E-state index in [0.717, 1.165) is 42.5 Å². The SMILES string of the molecule is COc1ccc([C@@H](c2c(NC(=O)c3ccco3)sc(C)c2C)N2CCN(C)CC2)cc1. The minimum atomic E-state index is -0.223. The molecule has 31 heavy (non-hydrogen) atoms. The van der Waals surface area contributed by atoms with Crippen molar-refractivity contribution in [2.24, 2.45) is 0 Å². The van der Waals surface area contributed by atoms with E-state index in [2.05, 4.69) is 48.1 Å². The average Bonchev–Trinajstić information content (AvgIpc) is 3.40. The molecule has 0 saturated carbocycles. The van der Waals surface area contributed by atoms with Crippen LogP contribution >= 0.6 is 11.3 Å². The van der Waals surface area contributed by atoms with Gasteiger partial charge in [-0.25, -0.2) is 0 Å². The highest BCUT2D eigenvalue weighted by Crippen LogP contribution is 2.43. The molecule has 2 aromatic heterocycles. The third-order valence-corrected chi connectivity index (χ3v) is 7.15. The molecule has 164 valence electrons. The first-order valence-corrected chi connectivity index (χ1v) is 11.3. The molecule has 1 saturated heterocycles. The standard InChI is InChI=1S/C24H29N3O3S/c1-16-17(2)31-24(25-23(28)20-6-5-15-30-20)21(16)22(27-13-11-26(3)12-14-27)18-7-9-19(29-4)10-8-18/h5-10,15,22H,11-14H2,1-4H3,(H,25,28)/t22-/m0/s1. The van der Waals surface area contributed by atoms with Crippen LogP contribution in [0.25, 0.3) is 0 Å². The maximum atomic E-state index is 12.8. The Balaban J connectivity index is 1.75. The van der Waals surface area contributed by atoms with Crippen LogP contribution in [0, 0.1) is 13.8 Å². The first-order chi connectivity index (χ1) is 15.0. The molecule has 1 aliphatic rings. The van der Waals surface area contributed by atoms with Gasteiger partial charge in [-0.1, -0.05) is 12.1 Å². The van der Waals surface area contributed by atoms with E-state index < -0.39 is 0 Å². The lowest BCUT2D eigenvalue weighted by atomic mass is 9.94. The highest BCUT2D eigenvalue weighted by molar-refractivity contribution is 7.16. The van der Waals surface area contributed by atoms with Gasteiger partial charge in [0, 0.05) is 36.6 Å². The van der Waals surface area contributed by atoms with Crippen molar-refractivity contribution in [3.8, 4) is 5.75 Å². The van der Waals surface area contributed by atoms with Crippen LogP contribution in [-0.4, -0.2) is 56.0 Å². The van der Waals surface area contributed by atoms with Crippen molar-refractivity contribution in [2.45, 2.75) is 19.9 Å². The van der Waals surface area contributed by atoms with Gasteiger partial charge < -0.3 is 19.4 Å². The number of thiophene rings is 1. The Morgan fingerprint density at radius 3 is 2.45 bits per heavy atom. The monoisotopic (exact) mass is 439 g/mol. The van der Waals surface area contributed by atoms with Crippen molar-refractivity contribution in [3.63, 3.8) is 0 Å². The molecule has 3 heterocycles. The van der Waals surface area contributed by atoms with Crippen LogP contribution in [0.4, 0.5) is 5.00 Å². The molecule has 0 radical (unpaired) electrons. The van der Waals surface area contributed by atoms with Gasteiger partial charge in [0.2, 0.25) is 0 Å². The van der Waals surface area contributed by atoms with Gasteiger partial charge in [0.25, 0.3) is 5.91 Å². The van der Waals surface area contributed by atoms with Crippen molar-refractivity contribution in [3.05, 3.63) is 70.0 Å². The van der Waals surface area contributed by atoms with Gasteiger partial charge in [-0.15, -0.1) is 11.3 Å². The lowest BCUT2D eigenvalue weighted by Gasteiger charge is -2.39. The van der Waals surface area contributed by atoms with Crippen molar-refractivity contribution < 1.29 is 13.9 Å². The fourth-order valence-electron chi connectivity index (χ4n) is 4.07. The fourth-order valence-corrected chi connectivity index (χ4v) is 5.15. The normalized spacial score (nSPS) is 16.3. The van der Waals surface area contributed by atoms with E-state index >= 15 is 0 Å². The zero-order valence-electron chi connectivity index (χ0n) is 18.5. The molecule has 0 aliphatic carbocycles. The van der Waals surface area contributed by atoms with Crippen LogP contribution in [0.1, 0.15) is 38.2 Å². The fraction of sp³-hybridized carbons (Fsp3) is 0.375. The summed E-state index contributed by atoms with van der Waals surface area (Å²) in [5, 5.41) is 4.00. The summed E-state index contributed by atoms with van der Waals surface area (Å²) in [4.78, 5) is 18.8. The van der Waals surface area contributed by atoms with Crippen molar-refractivity contribution in [1.82, 2.24) is 9.80 Å². The number of carbonyl (C=O) groups excluding carboxylic acids is 1. The second-order valence-corrected chi connectivity index (χ2v) is 9.20. The van der Waals surface area contributed by atoms with Crippen LogP contribution in [0.5, 0.6) is 5.75 Å². The number of piperazine rings is 1. The molecular formula is C24H29N3O3S. The number of benzene rings is 1. The quantitative estimate of drug-likeness (QED) is 0.610. The van der Waals surface area contributed by atoms with E-state index in [1.165, 1.54) is 22.3 Å². The predicted molar refractivity (Wildman–Crippen MR) is 124 cm³/mol. The summed E-state index contributed by atoms with van der Waals surface area (Å²) in [6.07, 6.45) is 1.52. The van der Waals surface area contributed by atoms with Crippen molar-refractivity contribution >= 4 is 22.2 Å². The Bertz CT molecular complexity index is 1020. The molecule has 1 aromatic carbocycles. The second-order valence-electron chi connectivity index (χ2n) is 7.97. The van der Waals surface area contributed by atoms with E-state index in [0.29, 0.717) is 5.76 Å². The molecule has 4 rings (SSSR count). The summed E-state index contributed by atoms with van der Waals surface area (Å²) >= 11 is 1.63.